The molecule has 5 nitrogen and oxygen atoms in total. The fourth-order valence-corrected chi connectivity index (χ4v) is 3.75. The van der Waals surface area contributed by atoms with Gasteiger partial charge in [-0.05, 0) is 39.8 Å². The second-order valence-corrected chi connectivity index (χ2v) is 6.11. The first-order valence-corrected chi connectivity index (χ1v) is 8.92. The van der Waals surface area contributed by atoms with Gasteiger partial charge in [-0.3, -0.25) is 9.69 Å². The third kappa shape index (κ3) is 3.77. The Kier molecular flexibility index (Phi) is 7.26. The zero-order valence-electron chi connectivity index (χ0n) is 15.8. The first-order chi connectivity index (χ1) is 10.9. The lowest BCUT2D eigenvalue weighted by atomic mass is 9.83. The topological polar surface area (TPSA) is 58.4 Å². The van der Waals surface area contributed by atoms with Gasteiger partial charge in [-0.25, -0.2) is 0 Å². The van der Waals surface area contributed by atoms with Crippen LogP contribution in [0.15, 0.2) is 4.52 Å². The predicted molar refractivity (Wildman–Crippen MR) is 93.8 cm³/mol. The SMILES string of the molecule is CCc1onc(C(=O)NC(C)C(CC)(CC)N(CC)CC)c1C. The monoisotopic (exact) mass is 323 g/mol. The highest BCUT2D eigenvalue weighted by molar-refractivity contribution is 5.94. The number of likely N-dealkylation sites (N-methyl/N-ethyl adjacent to an activating group) is 1. The highest BCUT2D eigenvalue weighted by Gasteiger charge is 2.38. The first kappa shape index (κ1) is 19.7. The van der Waals surface area contributed by atoms with Gasteiger partial charge in [0.2, 0.25) is 0 Å². The minimum Gasteiger partial charge on any atom is -0.360 e. The summed E-state index contributed by atoms with van der Waals surface area (Å²) in [6.45, 7) is 16.7. The molecule has 0 aliphatic heterocycles. The molecule has 132 valence electrons. The van der Waals surface area contributed by atoms with Gasteiger partial charge < -0.3 is 9.84 Å². The number of hydrogen-bond donors (Lipinski definition) is 1. The average Bonchev–Trinajstić information content (AvgIpc) is 2.93. The van der Waals surface area contributed by atoms with Crippen molar-refractivity contribution in [1.29, 1.82) is 0 Å². The molecule has 1 rings (SSSR count). The quantitative estimate of drug-likeness (QED) is 0.755. The molecular formula is C18H33N3O2. The van der Waals surface area contributed by atoms with Gasteiger partial charge in [-0.15, -0.1) is 0 Å². The molecule has 1 atom stereocenters. The molecule has 1 amide bonds. The molecular weight excluding hydrogens is 290 g/mol. The molecule has 1 aromatic heterocycles. The molecule has 0 fully saturated rings. The maximum Gasteiger partial charge on any atom is 0.274 e. The minimum atomic E-state index is -0.142. The van der Waals surface area contributed by atoms with Gasteiger partial charge >= 0.3 is 0 Å². The fourth-order valence-electron chi connectivity index (χ4n) is 3.75. The highest BCUT2D eigenvalue weighted by Crippen LogP contribution is 2.28. The van der Waals surface area contributed by atoms with Crippen molar-refractivity contribution in [1.82, 2.24) is 15.4 Å². The highest BCUT2D eigenvalue weighted by atomic mass is 16.5. The van der Waals surface area contributed by atoms with Crippen molar-refractivity contribution in [2.45, 2.75) is 79.3 Å². The van der Waals surface area contributed by atoms with E-state index in [9.17, 15) is 4.79 Å². The Bertz CT molecular complexity index is 502. The molecule has 1 unspecified atom stereocenters. The predicted octanol–water partition coefficient (Wildman–Crippen LogP) is 3.56. The standard InChI is InChI=1S/C18H33N3O2/c1-8-15-13(6)16(20-23-15)17(22)19-14(7)18(9-2,10-3)21(11-4)12-5/h14H,8-12H2,1-7H3,(H,19,22). The van der Waals surface area contributed by atoms with Crippen LogP contribution >= 0.6 is 0 Å². The van der Waals surface area contributed by atoms with Crippen LogP contribution < -0.4 is 5.32 Å². The van der Waals surface area contributed by atoms with Crippen LogP contribution in [0.2, 0.25) is 0 Å². The van der Waals surface area contributed by atoms with E-state index in [1.807, 2.05) is 13.8 Å². The summed E-state index contributed by atoms with van der Waals surface area (Å²) in [5, 5.41) is 7.12. The number of carbonyl (C=O) groups excluding carboxylic acids is 1. The number of hydrogen-bond acceptors (Lipinski definition) is 4. The summed E-state index contributed by atoms with van der Waals surface area (Å²) in [6, 6.07) is 0.0334. The number of rotatable bonds is 9. The molecule has 23 heavy (non-hydrogen) atoms. The Morgan fingerprint density at radius 1 is 1.22 bits per heavy atom. The summed E-state index contributed by atoms with van der Waals surface area (Å²) in [4.78, 5) is 15.1. The summed E-state index contributed by atoms with van der Waals surface area (Å²) in [6.07, 6.45) is 2.73. The summed E-state index contributed by atoms with van der Waals surface area (Å²) < 4.78 is 5.25. The van der Waals surface area contributed by atoms with Crippen molar-refractivity contribution in [3.05, 3.63) is 17.0 Å². The third-order valence-electron chi connectivity index (χ3n) is 5.33. The van der Waals surface area contributed by atoms with Crippen molar-refractivity contribution >= 4 is 5.91 Å². The normalized spacial score (nSPS) is 13.4. The summed E-state index contributed by atoms with van der Waals surface area (Å²) >= 11 is 0. The van der Waals surface area contributed by atoms with E-state index in [0.29, 0.717) is 5.69 Å². The lowest BCUT2D eigenvalue weighted by Gasteiger charge is -2.46. The second kappa shape index (κ2) is 8.48. The largest absolute Gasteiger partial charge is 0.360 e. The van der Waals surface area contributed by atoms with Crippen LogP contribution in [0.4, 0.5) is 0 Å². The summed E-state index contributed by atoms with van der Waals surface area (Å²) in [7, 11) is 0. The number of nitrogens with one attached hydrogen (secondary N) is 1. The van der Waals surface area contributed by atoms with Gasteiger partial charge in [-0.2, -0.15) is 0 Å². The van der Waals surface area contributed by atoms with Gasteiger partial charge in [0.1, 0.15) is 5.76 Å². The maximum atomic E-state index is 12.6. The molecule has 0 saturated heterocycles. The Morgan fingerprint density at radius 2 is 1.78 bits per heavy atom. The Morgan fingerprint density at radius 3 is 2.17 bits per heavy atom. The fraction of sp³-hybridized carbons (Fsp3) is 0.778. The average molecular weight is 323 g/mol. The number of aryl methyl sites for hydroxylation is 1. The zero-order valence-corrected chi connectivity index (χ0v) is 15.8. The molecule has 0 bridgehead atoms. The van der Waals surface area contributed by atoms with E-state index in [1.165, 1.54) is 0 Å². The molecule has 0 radical (unpaired) electrons. The van der Waals surface area contributed by atoms with Crippen LogP contribution in [-0.4, -0.2) is 40.6 Å². The Balaban J connectivity index is 3.00. The van der Waals surface area contributed by atoms with E-state index in [-0.39, 0.29) is 17.5 Å². The van der Waals surface area contributed by atoms with Crippen LogP contribution in [0.3, 0.4) is 0 Å². The van der Waals surface area contributed by atoms with Crippen molar-refractivity contribution in [2.75, 3.05) is 13.1 Å². The van der Waals surface area contributed by atoms with Crippen molar-refractivity contribution in [3.63, 3.8) is 0 Å². The number of nitrogens with zero attached hydrogens (tertiary/aromatic N) is 2. The van der Waals surface area contributed by atoms with E-state index >= 15 is 0 Å². The molecule has 5 heteroatoms. The smallest absolute Gasteiger partial charge is 0.274 e. The number of amides is 1. The van der Waals surface area contributed by atoms with Crippen molar-refractivity contribution in [3.8, 4) is 0 Å². The van der Waals surface area contributed by atoms with Gasteiger partial charge in [0.05, 0.1) is 0 Å². The molecule has 1 N–H and O–H groups in total. The van der Waals surface area contributed by atoms with Gasteiger partial charge in [-0.1, -0.05) is 39.8 Å². The van der Waals surface area contributed by atoms with Gasteiger partial charge in [0.25, 0.3) is 5.91 Å². The van der Waals surface area contributed by atoms with Crippen molar-refractivity contribution < 1.29 is 9.32 Å². The molecule has 0 aliphatic carbocycles. The van der Waals surface area contributed by atoms with Crippen LogP contribution in [0.25, 0.3) is 0 Å². The van der Waals surface area contributed by atoms with E-state index in [4.69, 9.17) is 4.52 Å². The molecule has 0 saturated carbocycles. The third-order valence-corrected chi connectivity index (χ3v) is 5.33. The maximum absolute atomic E-state index is 12.6. The van der Waals surface area contributed by atoms with E-state index in [1.54, 1.807) is 0 Å². The van der Waals surface area contributed by atoms with E-state index < -0.39 is 0 Å². The lowest BCUT2D eigenvalue weighted by molar-refractivity contribution is 0.0502. The summed E-state index contributed by atoms with van der Waals surface area (Å²) in [5.74, 6) is 0.640. The second-order valence-electron chi connectivity index (χ2n) is 6.11. The number of aromatic nitrogens is 1. The molecule has 1 aromatic rings. The molecule has 0 aromatic carbocycles. The van der Waals surface area contributed by atoms with Crippen LogP contribution in [0, 0.1) is 6.92 Å². The van der Waals surface area contributed by atoms with Crippen molar-refractivity contribution in [2.24, 2.45) is 0 Å². The van der Waals surface area contributed by atoms with Crippen LogP contribution in [0.1, 0.15) is 76.2 Å². The molecule has 0 spiro atoms. The minimum absolute atomic E-state index is 0.0334. The van der Waals surface area contributed by atoms with Gasteiger partial charge in [0, 0.05) is 23.6 Å². The Hall–Kier alpha value is -1.36. The van der Waals surface area contributed by atoms with Gasteiger partial charge in [0.15, 0.2) is 5.69 Å². The summed E-state index contributed by atoms with van der Waals surface area (Å²) in [5.41, 5.74) is 1.22. The Labute approximate surface area is 140 Å². The first-order valence-electron chi connectivity index (χ1n) is 8.92. The van der Waals surface area contributed by atoms with E-state index in [2.05, 4.69) is 50.0 Å². The lowest BCUT2D eigenvalue weighted by Crippen LogP contribution is -2.60. The van der Waals surface area contributed by atoms with Crippen LogP contribution in [0.5, 0.6) is 0 Å². The van der Waals surface area contributed by atoms with Crippen LogP contribution in [-0.2, 0) is 6.42 Å². The zero-order chi connectivity index (χ0) is 17.6. The molecule has 1 heterocycles. The molecule has 0 aliphatic rings. The van der Waals surface area contributed by atoms with E-state index in [0.717, 1.165) is 43.7 Å². The number of carbonyl (C=O) groups is 1.